The highest BCUT2D eigenvalue weighted by atomic mass is 15.2. The normalized spacial score (nSPS) is 11.6. The molecule has 234 valence electrons. The molecule has 0 N–H and O–H groups in total. The summed E-state index contributed by atoms with van der Waals surface area (Å²) in [6.45, 7) is 0. The van der Waals surface area contributed by atoms with Crippen LogP contribution in [0.15, 0.2) is 170 Å². The van der Waals surface area contributed by atoms with E-state index in [2.05, 4.69) is 100 Å². The van der Waals surface area contributed by atoms with Gasteiger partial charge in [0.05, 0.1) is 16.6 Å². The van der Waals surface area contributed by atoms with Crippen LogP contribution < -0.4 is 0 Å². The molecule has 0 amide bonds. The van der Waals surface area contributed by atoms with Gasteiger partial charge in [0.15, 0.2) is 11.6 Å². The van der Waals surface area contributed by atoms with Crippen LogP contribution in [0.2, 0.25) is 0 Å². The van der Waals surface area contributed by atoms with Gasteiger partial charge in [0.25, 0.3) is 0 Å². The topological polar surface area (TPSA) is 61.4 Å². The van der Waals surface area contributed by atoms with Gasteiger partial charge in [-0.1, -0.05) is 127 Å². The smallest absolute Gasteiger partial charge is 0.238 e. The second kappa shape index (κ2) is 11.4. The van der Waals surface area contributed by atoms with E-state index in [9.17, 15) is 0 Å². The lowest BCUT2D eigenvalue weighted by molar-refractivity contribution is 0.953. The molecule has 6 nitrogen and oxygen atoms in total. The zero-order valence-electron chi connectivity index (χ0n) is 26.8. The van der Waals surface area contributed by atoms with Crippen molar-refractivity contribution < 1.29 is 0 Å². The van der Waals surface area contributed by atoms with Gasteiger partial charge in [0.1, 0.15) is 5.65 Å². The number of aromatic nitrogens is 6. The average molecular weight is 641 g/mol. The summed E-state index contributed by atoms with van der Waals surface area (Å²) in [6, 6.07) is 56.6. The number of pyridine rings is 1. The number of hydrogen-bond donors (Lipinski definition) is 0. The number of benzene rings is 6. The van der Waals surface area contributed by atoms with E-state index < -0.39 is 0 Å². The molecule has 0 fully saturated rings. The summed E-state index contributed by atoms with van der Waals surface area (Å²) in [4.78, 5) is 20.1. The van der Waals surface area contributed by atoms with E-state index in [-0.39, 0.29) is 0 Å². The summed E-state index contributed by atoms with van der Waals surface area (Å²) in [5, 5.41) is 4.55. The molecule has 4 heterocycles. The lowest BCUT2D eigenvalue weighted by Gasteiger charge is -2.13. The Bertz CT molecular complexity index is 2800. The predicted molar refractivity (Wildman–Crippen MR) is 203 cm³/mol. The van der Waals surface area contributed by atoms with Crippen LogP contribution in [-0.2, 0) is 0 Å². The molecule has 0 bridgehead atoms. The molecule has 10 aromatic rings. The maximum absolute atomic E-state index is 5.14. The van der Waals surface area contributed by atoms with E-state index in [1.807, 2.05) is 79.0 Å². The molecular weight excluding hydrogens is 613 g/mol. The first kappa shape index (κ1) is 28.1. The molecule has 50 heavy (non-hydrogen) atoms. The molecule has 0 aliphatic heterocycles. The molecule has 0 saturated heterocycles. The Morgan fingerprint density at radius 1 is 0.400 bits per heavy atom. The van der Waals surface area contributed by atoms with Gasteiger partial charge in [-0.15, -0.1) is 0 Å². The Morgan fingerprint density at radius 2 is 1.02 bits per heavy atom. The first-order valence-corrected chi connectivity index (χ1v) is 16.7. The molecule has 10 rings (SSSR count). The minimum absolute atomic E-state index is 0.571. The molecule has 0 aliphatic rings. The van der Waals surface area contributed by atoms with Crippen molar-refractivity contribution in [2.75, 3.05) is 0 Å². The second-order valence-electron chi connectivity index (χ2n) is 12.3. The third-order valence-electron chi connectivity index (χ3n) is 9.44. The molecule has 6 aromatic carbocycles. The minimum Gasteiger partial charge on any atom is -0.293 e. The number of hydrogen-bond acceptors (Lipinski definition) is 4. The van der Waals surface area contributed by atoms with Crippen molar-refractivity contribution in [3.8, 4) is 45.5 Å². The minimum atomic E-state index is 0.571. The standard InChI is InChI=1S/C44H28N6/c1-4-14-29(15-5-1)41-46-42(30-16-6-2-7-17-30)48-44(47-41)50-38-24-11-10-20-34(38)35-26-25-31(28-39(35)50)33-21-12-22-36-37-23-13-27-45-43(37)49(40(33)36)32-18-8-3-9-19-32/h1-28H. The highest BCUT2D eigenvalue weighted by Crippen LogP contribution is 2.40. The second-order valence-corrected chi connectivity index (χ2v) is 12.3. The zero-order chi connectivity index (χ0) is 33.0. The molecule has 0 spiro atoms. The Hall–Kier alpha value is -6.92. The van der Waals surface area contributed by atoms with Gasteiger partial charge in [-0.3, -0.25) is 9.13 Å². The van der Waals surface area contributed by atoms with Crippen LogP contribution in [0.4, 0.5) is 0 Å². The fourth-order valence-corrected chi connectivity index (χ4v) is 7.21. The van der Waals surface area contributed by atoms with Crippen LogP contribution in [0.5, 0.6) is 0 Å². The fourth-order valence-electron chi connectivity index (χ4n) is 7.21. The highest BCUT2D eigenvalue weighted by molar-refractivity contribution is 6.14. The number of fused-ring (bicyclic) bond motifs is 6. The third kappa shape index (κ3) is 4.43. The van der Waals surface area contributed by atoms with E-state index in [0.29, 0.717) is 17.6 Å². The molecule has 4 aromatic heterocycles. The fraction of sp³-hybridized carbons (Fsp3) is 0. The monoisotopic (exact) mass is 640 g/mol. The first-order chi connectivity index (χ1) is 24.8. The lowest BCUT2D eigenvalue weighted by Crippen LogP contribution is -2.06. The molecule has 0 aliphatic carbocycles. The maximum Gasteiger partial charge on any atom is 0.238 e. The average Bonchev–Trinajstić information content (AvgIpc) is 3.71. The first-order valence-electron chi connectivity index (χ1n) is 16.7. The van der Waals surface area contributed by atoms with Crippen molar-refractivity contribution in [3.05, 3.63) is 170 Å². The van der Waals surface area contributed by atoms with E-state index in [1.54, 1.807) is 0 Å². The molecule has 0 radical (unpaired) electrons. The van der Waals surface area contributed by atoms with Crippen molar-refractivity contribution in [1.29, 1.82) is 0 Å². The van der Waals surface area contributed by atoms with Crippen LogP contribution >= 0.6 is 0 Å². The van der Waals surface area contributed by atoms with Crippen molar-refractivity contribution in [3.63, 3.8) is 0 Å². The van der Waals surface area contributed by atoms with Gasteiger partial charge >= 0.3 is 0 Å². The molecular formula is C44H28N6. The molecule has 0 atom stereocenters. The summed E-state index contributed by atoms with van der Waals surface area (Å²) >= 11 is 0. The largest absolute Gasteiger partial charge is 0.293 e. The van der Waals surface area contributed by atoms with E-state index in [1.165, 1.54) is 0 Å². The van der Waals surface area contributed by atoms with Crippen LogP contribution in [0.1, 0.15) is 0 Å². The van der Waals surface area contributed by atoms with Gasteiger partial charge in [-0.25, -0.2) is 9.97 Å². The lowest BCUT2D eigenvalue weighted by atomic mass is 10.0. The third-order valence-corrected chi connectivity index (χ3v) is 9.44. The predicted octanol–water partition coefficient (Wildman–Crippen LogP) is 10.5. The molecule has 0 saturated carbocycles. The number of rotatable bonds is 5. The summed E-state index contributed by atoms with van der Waals surface area (Å²) < 4.78 is 4.47. The molecule has 0 unspecified atom stereocenters. The van der Waals surface area contributed by atoms with Gasteiger partial charge in [0.2, 0.25) is 5.95 Å². The van der Waals surface area contributed by atoms with Gasteiger partial charge in [-0.05, 0) is 42.0 Å². The van der Waals surface area contributed by atoms with Crippen LogP contribution in [0, 0.1) is 0 Å². The Kier molecular flexibility index (Phi) is 6.39. The SMILES string of the molecule is c1ccc(-c2nc(-c3ccccc3)nc(-n3c4ccccc4c4ccc(-c5cccc6c7cccnc7n(-c7ccccc7)c56)cc43)n2)cc1. The molecule has 6 heteroatoms. The maximum atomic E-state index is 5.14. The summed E-state index contributed by atoms with van der Waals surface area (Å²) in [7, 11) is 0. The highest BCUT2D eigenvalue weighted by Gasteiger charge is 2.21. The number of para-hydroxylation sites is 3. The van der Waals surface area contributed by atoms with Crippen molar-refractivity contribution >= 4 is 43.7 Å². The quantitative estimate of drug-likeness (QED) is 0.188. The summed E-state index contributed by atoms with van der Waals surface area (Å²) in [5.41, 5.74) is 9.25. The Balaban J connectivity index is 1.27. The van der Waals surface area contributed by atoms with Crippen molar-refractivity contribution in [1.82, 2.24) is 29.1 Å². The van der Waals surface area contributed by atoms with Crippen molar-refractivity contribution in [2.24, 2.45) is 0 Å². The number of nitrogens with zero attached hydrogens (tertiary/aromatic N) is 6. The Labute approximate surface area is 287 Å². The van der Waals surface area contributed by atoms with Gasteiger partial charge in [0, 0.05) is 50.1 Å². The van der Waals surface area contributed by atoms with E-state index >= 15 is 0 Å². The van der Waals surface area contributed by atoms with Crippen molar-refractivity contribution in [2.45, 2.75) is 0 Å². The van der Waals surface area contributed by atoms with Gasteiger partial charge < -0.3 is 0 Å². The van der Waals surface area contributed by atoms with Crippen LogP contribution in [-0.4, -0.2) is 29.1 Å². The Morgan fingerprint density at radius 3 is 1.76 bits per heavy atom. The summed E-state index contributed by atoms with van der Waals surface area (Å²) in [6.07, 6.45) is 1.87. The van der Waals surface area contributed by atoms with Crippen LogP contribution in [0.3, 0.4) is 0 Å². The van der Waals surface area contributed by atoms with Crippen LogP contribution in [0.25, 0.3) is 89.3 Å². The summed E-state index contributed by atoms with van der Waals surface area (Å²) in [5.74, 6) is 1.82. The van der Waals surface area contributed by atoms with E-state index in [0.717, 1.165) is 71.7 Å². The van der Waals surface area contributed by atoms with Gasteiger partial charge in [-0.2, -0.15) is 9.97 Å². The zero-order valence-corrected chi connectivity index (χ0v) is 26.8. The van der Waals surface area contributed by atoms with E-state index in [4.69, 9.17) is 19.9 Å².